The Morgan fingerprint density at radius 1 is 0.457 bits per heavy atom. The maximum Gasteiger partial charge on any atom is 0.0462 e. The summed E-state index contributed by atoms with van der Waals surface area (Å²) in [5, 5.41) is 2.53. The van der Waals surface area contributed by atoms with Gasteiger partial charge in [0.15, 0.2) is 0 Å². The molecule has 46 heavy (non-hydrogen) atoms. The molecule has 0 amide bonds. The van der Waals surface area contributed by atoms with Gasteiger partial charge >= 0.3 is 0 Å². The predicted molar refractivity (Wildman–Crippen MR) is 199 cm³/mol. The number of allylic oxidation sites excluding steroid dienone is 1. The van der Waals surface area contributed by atoms with Crippen LogP contribution in [0.1, 0.15) is 24.5 Å². The highest BCUT2D eigenvalue weighted by Crippen LogP contribution is 2.39. The van der Waals surface area contributed by atoms with E-state index in [1.54, 1.807) is 0 Å². The Morgan fingerprint density at radius 3 is 1.61 bits per heavy atom. The summed E-state index contributed by atoms with van der Waals surface area (Å²) in [6.45, 7) is 4.37. The van der Waals surface area contributed by atoms with Gasteiger partial charge in [0, 0.05) is 17.1 Å². The molecular formula is C45H37N. The highest BCUT2D eigenvalue weighted by molar-refractivity contribution is 5.97. The molecule has 0 aliphatic rings. The largest absolute Gasteiger partial charge is 0.311 e. The molecule has 0 radical (unpaired) electrons. The summed E-state index contributed by atoms with van der Waals surface area (Å²) >= 11 is 0. The van der Waals surface area contributed by atoms with E-state index in [-0.39, 0.29) is 0 Å². The summed E-state index contributed by atoms with van der Waals surface area (Å²) < 4.78 is 0. The topological polar surface area (TPSA) is 3.24 Å². The van der Waals surface area contributed by atoms with Gasteiger partial charge in [0.1, 0.15) is 0 Å². The molecule has 0 aromatic heterocycles. The zero-order valence-corrected chi connectivity index (χ0v) is 26.4. The van der Waals surface area contributed by atoms with Crippen LogP contribution in [0.25, 0.3) is 50.2 Å². The molecule has 0 N–H and O–H groups in total. The lowest BCUT2D eigenvalue weighted by Crippen LogP contribution is -2.09. The third-order valence-corrected chi connectivity index (χ3v) is 8.74. The molecule has 0 spiro atoms. The van der Waals surface area contributed by atoms with Crippen molar-refractivity contribution in [2.75, 3.05) is 4.90 Å². The minimum atomic E-state index is 1.02. The number of nitrogens with zero attached hydrogens (tertiary/aromatic N) is 1. The van der Waals surface area contributed by atoms with Crippen molar-refractivity contribution in [3.05, 3.63) is 181 Å². The SMILES string of the molecule is CC/C=C\c1c(C)cccc1-c1ccc(N(c2ccc(-c3ccccc3)cc2)c2ccc(-c3cccc4ccccc34)cc2)cc1. The zero-order chi connectivity index (χ0) is 31.3. The predicted octanol–water partition coefficient (Wildman–Crippen LogP) is 13.0. The van der Waals surface area contributed by atoms with Crippen molar-refractivity contribution in [2.24, 2.45) is 0 Å². The van der Waals surface area contributed by atoms with Gasteiger partial charge in [-0.3, -0.25) is 0 Å². The van der Waals surface area contributed by atoms with Crippen LogP contribution in [-0.2, 0) is 0 Å². The van der Waals surface area contributed by atoms with Crippen molar-refractivity contribution in [1.29, 1.82) is 0 Å². The molecule has 0 heterocycles. The number of rotatable bonds is 8. The second-order valence-electron chi connectivity index (χ2n) is 11.7. The van der Waals surface area contributed by atoms with Gasteiger partial charge in [-0.25, -0.2) is 0 Å². The summed E-state index contributed by atoms with van der Waals surface area (Å²) in [5.74, 6) is 0. The van der Waals surface area contributed by atoms with Crippen LogP contribution < -0.4 is 4.90 Å². The molecule has 0 bridgehead atoms. The van der Waals surface area contributed by atoms with E-state index in [9.17, 15) is 0 Å². The van der Waals surface area contributed by atoms with E-state index in [4.69, 9.17) is 0 Å². The lowest BCUT2D eigenvalue weighted by Gasteiger charge is -2.26. The van der Waals surface area contributed by atoms with Crippen molar-refractivity contribution < 1.29 is 0 Å². The molecule has 7 aromatic rings. The van der Waals surface area contributed by atoms with Crippen LogP contribution >= 0.6 is 0 Å². The van der Waals surface area contributed by atoms with Crippen molar-refractivity contribution in [2.45, 2.75) is 20.3 Å². The molecule has 7 aromatic carbocycles. The van der Waals surface area contributed by atoms with Crippen LogP contribution in [0.5, 0.6) is 0 Å². The van der Waals surface area contributed by atoms with E-state index in [2.05, 4.69) is 195 Å². The quantitative estimate of drug-likeness (QED) is 0.170. The van der Waals surface area contributed by atoms with Crippen LogP contribution in [-0.4, -0.2) is 0 Å². The van der Waals surface area contributed by atoms with Gasteiger partial charge in [0.25, 0.3) is 0 Å². The van der Waals surface area contributed by atoms with Gasteiger partial charge in [0.05, 0.1) is 0 Å². The molecule has 1 heteroatoms. The number of anilines is 3. The van der Waals surface area contributed by atoms with E-state index < -0.39 is 0 Å². The number of fused-ring (bicyclic) bond motifs is 1. The molecule has 7 rings (SSSR count). The molecule has 0 unspecified atom stereocenters. The van der Waals surface area contributed by atoms with Gasteiger partial charge in [-0.15, -0.1) is 0 Å². The van der Waals surface area contributed by atoms with E-state index in [1.807, 2.05) is 0 Å². The minimum Gasteiger partial charge on any atom is -0.311 e. The van der Waals surface area contributed by atoms with E-state index in [1.165, 1.54) is 55.3 Å². The summed E-state index contributed by atoms with van der Waals surface area (Å²) in [7, 11) is 0. The Labute approximate surface area is 272 Å². The minimum absolute atomic E-state index is 1.02. The summed E-state index contributed by atoms with van der Waals surface area (Å²) in [6, 6.07) is 59.1. The van der Waals surface area contributed by atoms with Gasteiger partial charge in [-0.1, -0.05) is 146 Å². The lowest BCUT2D eigenvalue weighted by atomic mass is 9.95. The molecule has 0 atom stereocenters. The molecule has 0 aliphatic carbocycles. The number of hydrogen-bond acceptors (Lipinski definition) is 1. The molecule has 1 nitrogen and oxygen atoms in total. The maximum atomic E-state index is 2.35. The van der Waals surface area contributed by atoms with Gasteiger partial charge in [-0.2, -0.15) is 0 Å². The third-order valence-electron chi connectivity index (χ3n) is 8.74. The van der Waals surface area contributed by atoms with Crippen molar-refractivity contribution in [3.8, 4) is 33.4 Å². The molecular weight excluding hydrogens is 555 g/mol. The van der Waals surface area contributed by atoms with E-state index in [0.717, 1.165) is 23.5 Å². The smallest absolute Gasteiger partial charge is 0.0462 e. The average Bonchev–Trinajstić information content (AvgIpc) is 3.12. The normalized spacial score (nSPS) is 11.3. The average molecular weight is 592 g/mol. The second kappa shape index (κ2) is 13.1. The maximum absolute atomic E-state index is 2.35. The molecule has 0 fully saturated rings. The van der Waals surface area contributed by atoms with Crippen LogP contribution in [0.2, 0.25) is 0 Å². The Bertz CT molecular complexity index is 2100. The Balaban J connectivity index is 1.29. The van der Waals surface area contributed by atoms with Gasteiger partial charge in [-0.05, 0) is 105 Å². The first-order chi connectivity index (χ1) is 22.7. The second-order valence-corrected chi connectivity index (χ2v) is 11.7. The van der Waals surface area contributed by atoms with Gasteiger partial charge in [0.2, 0.25) is 0 Å². The van der Waals surface area contributed by atoms with E-state index in [0.29, 0.717) is 0 Å². The molecule has 0 saturated carbocycles. The highest BCUT2D eigenvalue weighted by atomic mass is 15.1. The van der Waals surface area contributed by atoms with Crippen molar-refractivity contribution in [3.63, 3.8) is 0 Å². The fraction of sp³-hybridized carbons (Fsp3) is 0.0667. The number of benzene rings is 7. The first kappa shape index (κ1) is 29.1. The Kier molecular flexibility index (Phi) is 8.30. The first-order valence-electron chi connectivity index (χ1n) is 16.1. The Morgan fingerprint density at radius 2 is 0.957 bits per heavy atom. The fourth-order valence-corrected chi connectivity index (χ4v) is 6.33. The molecule has 0 aliphatic heterocycles. The first-order valence-corrected chi connectivity index (χ1v) is 16.1. The summed E-state index contributed by atoms with van der Waals surface area (Å²) in [5.41, 5.74) is 13.3. The molecule has 222 valence electrons. The Hall–Kier alpha value is -5.66. The number of aryl methyl sites for hydroxylation is 1. The van der Waals surface area contributed by atoms with Crippen LogP contribution in [0.15, 0.2) is 170 Å². The fourth-order valence-electron chi connectivity index (χ4n) is 6.33. The third kappa shape index (κ3) is 5.88. The van der Waals surface area contributed by atoms with Crippen LogP contribution in [0.4, 0.5) is 17.1 Å². The van der Waals surface area contributed by atoms with E-state index >= 15 is 0 Å². The zero-order valence-electron chi connectivity index (χ0n) is 26.4. The summed E-state index contributed by atoms with van der Waals surface area (Å²) in [6.07, 6.45) is 5.52. The highest BCUT2D eigenvalue weighted by Gasteiger charge is 2.15. The monoisotopic (exact) mass is 591 g/mol. The summed E-state index contributed by atoms with van der Waals surface area (Å²) in [4.78, 5) is 2.35. The molecule has 0 saturated heterocycles. The van der Waals surface area contributed by atoms with Gasteiger partial charge < -0.3 is 4.90 Å². The standard InChI is InChI=1S/C45H37N/c1-3-4-17-42-33(2)12-10-19-43(42)37-23-29-40(30-24-37)46(39-27-21-35(22-28-39)34-13-6-5-7-14-34)41-31-25-38(26-32-41)45-20-11-16-36-15-8-9-18-44(36)45/h4-32H,3H2,1-2H3/b17-4-. The number of hydrogen-bond donors (Lipinski definition) is 0. The van der Waals surface area contributed by atoms with Crippen molar-refractivity contribution in [1.82, 2.24) is 0 Å². The lowest BCUT2D eigenvalue weighted by molar-refractivity contribution is 1.23. The van der Waals surface area contributed by atoms with Crippen LogP contribution in [0.3, 0.4) is 0 Å². The van der Waals surface area contributed by atoms with Crippen LogP contribution in [0, 0.1) is 6.92 Å². The van der Waals surface area contributed by atoms with Crippen molar-refractivity contribution >= 4 is 33.9 Å².